The molecule has 8 nitrogen and oxygen atoms in total. The SMILES string of the molecule is COC(=O)C(NC(=O)Nc1cccn2cnnc12)c1ccccc1. The lowest BCUT2D eigenvalue weighted by atomic mass is 10.1. The van der Waals surface area contributed by atoms with Gasteiger partial charge in [-0.15, -0.1) is 10.2 Å². The molecule has 0 aliphatic heterocycles. The molecule has 0 spiro atoms. The summed E-state index contributed by atoms with van der Waals surface area (Å²) in [7, 11) is 1.27. The maximum atomic E-state index is 12.3. The third-order valence-corrected chi connectivity index (χ3v) is 3.42. The molecule has 0 aliphatic carbocycles. The highest BCUT2D eigenvalue weighted by atomic mass is 16.5. The number of benzene rings is 1. The maximum Gasteiger partial charge on any atom is 0.333 e. The molecule has 0 aliphatic rings. The highest BCUT2D eigenvalue weighted by Gasteiger charge is 2.23. The van der Waals surface area contributed by atoms with Crippen LogP contribution in [0.15, 0.2) is 55.0 Å². The van der Waals surface area contributed by atoms with Gasteiger partial charge in [-0.2, -0.15) is 0 Å². The van der Waals surface area contributed by atoms with Gasteiger partial charge < -0.3 is 15.4 Å². The average Bonchev–Trinajstić information content (AvgIpc) is 3.09. The molecule has 1 unspecified atom stereocenters. The minimum absolute atomic E-state index is 0.476. The molecule has 1 atom stereocenters. The molecule has 3 rings (SSSR count). The van der Waals surface area contributed by atoms with E-state index in [0.717, 1.165) is 0 Å². The van der Waals surface area contributed by atoms with E-state index in [1.54, 1.807) is 47.0 Å². The smallest absolute Gasteiger partial charge is 0.333 e. The monoisotopic (exact) mass is 325 g/mol. The van der Waals surface area contributed by atoms with Crippen molar-refractivity contribution in [3.8, 4) is 0 Å². The summed E-state index contributed by atoms with van der Waals surface area (Å²) in [5.74, 6) is -0.558. The Morgan fingerprint density at radius 2 is 1.96 bits per heavy atom. The van der Waals surface area contributed by atoms with Crippen LogP contribution in [-0.2, 0) is 9.53 Å². The Balaban J connectivity index is 1.79. The molecular weight excluding hydrogens is 310 g/mol. The lowest BCUT2D eigenvalue weighted by Gasteiger charge is -2.17. The zero-order valence-electron chi connectivity index (χ0n) is 12.8. The van der Waals surface area contributed by atoms with Crippen LogP contribution in [0.1, 0.15) is 11.6 Å². The molecule has 2 N–H and O–H groups in total. The van der Waals surface area contributed by atoms with Gasteiger partial charge in [0, 0.05) is 6.20 Å². The number of anilines is 1. The first-order chi connectivity index (χ1) is 11.7. The molecule has 122 valence electrons. The first-order valence-corrected chi connectivity index (χ1v) is 7.17. The minimum Gasteiger partial charge on any atom is -0.467 e. The van der Waals surface area contributed by atoms with Gasteiger partial charge in [-0.05, 0) is 17.7 Å². The number of amides is 2. The van der Waals surface area contributed by atoms with Gasteiger partial charge in [-0.25, -0.2) is 9.59 Å². The normalized spacial score (nSPS) is 11.7. The summed E-state index contributed by atoms with van der Waals surface area (Å²) in [5, 5.41) is 13.0. The van der Waals surface area contributed by atoms with Gasteiger partial charge in [0.1, 0.15) is 6.33 Å². The summed E-state index contributed by atoms with van der Waals surface area (Å²) in [6.45, 7) is 0. The van der Waals surface area contributed by atoms with Gasteiger partial charge in [-0.1, -0.05) is 30.3 Å². The Hall–Kier alpha value is -3.42. The van der Waals surface area contributed by atoms with Crippen molar-refractivity contribution >= 4 is 23.3 Å². The quantitative estimate of drug-likeness (QED) is 0.712. The van der Waals surface area contributed by atoms with Crippen molar-refractivity contribution < 1.29 is 14.3 Å². The van der Waals surface area contributed by atoms with Crippen molar-refractivity contribution in [2.24, 2.45) is 0 Å². The molecule has 3 aromatic rings. The number of nitrogens with one attached hydrogen (secondary N) is 2. The minimum atomic E-state index is -0.909. The number of methoxy groups -OCH3 is 1. The third kappa shape index (κ3) is 3.17. The Morgan fingerprint density at radius 3 is 2.71 bits per heavy atom. The van der Waals surface area contributed by atoms with Crippen molar-refractivity contribution in [3.63, 3.8) is 0 Å². The second kappa shape index (κ2) is 6.78. The van der Waals surface area contributed by atoms with Gasteiger partial charge in [0.2, 0.25) is 0 Å². The molecule has 2 aromatic heterocycles. The van der Waals surface area contributed by atoms with E-state index in [1.165, 1.54) is 13.4 Å². The van der Waals surface area contributed by atoms with Gasteiger partial charge in [-0.3, -0.25) is 4.40 Å². The number of hydrogen-bond acceptors (Lipinski definition) is 5. The molecule has 24 heavy (non-hydrogen) atoms. The number of carbonyl (C=O) groups excluding carboxylic acids is 2. The molecule has 0 bridgehead atoms. The maximum absolute atomic E-state index is 12.3. The zero-order chi connectivity index (χ0) is 16.9. The number of hydrogen-bond donors (Lipinski definition) is 2. The molecule has 8 heteroatoms. The molecule has 0 fully saturated rings. The number of fused-ring (bicyclic) bond motifs is 1. The van der Waals surface area contributed by atoms with E-state index in [-0.39, 0.29) is 0 Å². The zero-order valence-corrected chi connectivity index (χ0v) is 12.8. The summed E-state index contributed by atoms with van der Waals surface area (Å²) in [5.41, 5.74) is 1.60. The highest BCUT2D eigenvalue weighted by Crippen LogP contribution is 2.16. The van der Waals surface area contributed by atoms with E-state index in [2.05, 4.69) is 20.8 Å². The summed E-state index contributed by atoms with van der Waals surface area (Å²) < 4.78 is 6.44. The average molecular weight is 325 g/mol. The molecule has 0 radical (unpaired) electrons. The summed E-state index contributed by atoms with van der Waals surface area (Å²) in [4.78, 5) is 24.3. The van der Waals surface area contributed by atoms with Crippen LogP contribution >= 0.6 is 0 Å². The lowest BCUT2D eigenvalue weighted by molar-refractivity contribution is -0.143. The van der Waals surface area contributed by atoms with E-state index in [4.69, 9.17) is 4.74 Å². The van der Waals surface area contributed by atoms with Crippen molar-refractivity contribution in [1.82, 2.24) is 19.9 Å². The molecule has 1 aromatic carbocycles. The first-order valence-electron chi connectivity index (χ1n) is 7.17. The number of pyridine rings is 1. The Bertz CT molecular complexity index is 862. The number of rotatable bonds is 4. The van der Waals surface area contributed by atoms with E-state index >= 15 is 0 Å². The number of urea groups is 1. The van der Waals surface area contributed by atoms with Gasteiger partial charge in [0.15, 0.2) is 11.7 Å². The van der Waals surface area contributed by atoms with Crippen LogP contribution in [0.5, 0.6) is 0 Å². The molecule has 2 amide bonds. The van der Waals surface area contributed by atoms with Crippen LogP contribution in [0, 0.1) is 0 Å². The van der Waals surface area contributed by atoms with Crippen molar-refractivity contribution in [2.75, 3.05) is 12.4 Å². The fourth-order valence-electron chi connectivity index (χ4n) is 2.28. The standard InChI is InChI=1S/C16H15N5O3/c1-24-15(22)13(11-6-3-2-4-7-11)19-16(23)18-12-8-5-9-21-10-17-20-14(12)21/h2-10,13H,1H3,(H2,18,19,23). The van der Waals surface area contributed by atoms with Gasteiger partial charge >= 0.3 is 12.0 Å². The molecule has 0 saturated heterocycles. The number of aromatic nitrogens is 3. The Morgan fingerprint density at radius 1 is 1.17 bits per heavy atom. The van der Waals surface area contributed by atoms with E-state index in [0.29, 0.717) is 16.9 Å². The van der Waals surface area contributed by atoms with Crippen molar-refractivity contribution in [1.29, 1.82) is 0 Å². The second-order valence-corrected chi connectivity index (χ2v) is 4.95. The lowest BCUT2D eigenvalue weighted by Crippen LogP contribution is -2.37. The number of ether oxygens (including phenoxy) is 1. The van der Waals surface area contributed by atoms with E-state index in [1.807, 2.05) is 6.07 Å². The van der Waals surface area contributed by atoms with Gasteiger partial charge in [0.25, 0.3) is 0 Å². The predicted molar refractivity (Wildman–Crippen MR) is 86.3 cm³/mol. The Labute approximate surface area is 137 Å². The van der Waals surface area contributed by atoms with Gasteiger partial charge in [0.05, 0.1) is 12.8 Å². The van der Waals surface area contributed by atoms with Crippen LogP contribution in [0.25, 0.3) is 5.65 Å². The summed E-state index contributed by atoms with van der Waals surface area (Å²) >= 11 is 0. The summed E-state index contributed by atoms with van der Waals surface area (Å²) in [6, 6.07) is 10.8. The molecule has 0 saturated carbocycles. The number of esters is 1. The van der Waals surface area contributed by atoms with Crippen LogP contribution in [0.2, 0.25) is 0 Å². The Kier molecular flexibility index (Phi) is 4.37. The fourth-order valence-corrected chi connectivity index (χ4v) is 2.28. The van der Waals surface area contributed by atoms with E-state index < -0.39 is 18.0 Å². The van der Waals surface area contributed by atoms with Crippen molar-refractivity contribution in [2.45, 2.75) is 6.04 Å². The predicted octanol–water partition coefficient (Wildman–Crippen LogP) is 1.77. The first kappa shape index (κ1) is 15.5. The largest absolute Gasteiger partial charge is 0.467 e. The number of carbonyl (C=O) groups is 2. The van der Waals surface area contributed by atoms with Crippen LogP contribution in [-0.4, -0.2) is 33.7 Å². The molecular formula is C16H15N5O3. The highest BCUT2D eigenvalue weighted by molar-refractivity contribution is 5.95. The molecule has 2 heterocycles. The van der Waals surface area contributed by atoms with Crippen molar-refractivity contribution in [3.05, 3.63) is 60.6 Å². The van der Waals surface area contributed by atoms with Crippen LogP contribution in [0.3, 0.4) is 0 Å². The second-order valence-electron chi connectivity index (χ2n) is 4.95. The summed E-state index contributed by atoms with van der Waals surface area (Å²) in [6.07, 6.45) is 3.29. The van der Waals surface area contributed by atoms with Crippen LogP contribution in [0.4, 0.5) is 10.5 Å². The fraction of sp³-hybridized carbons (Fsp3) is 0.125. The third-order valence-electron chi connectivity index (χ3n) is 3.42. The topological polar surface area (TPSA) is 97.6 Å². The van der Waals surface area contributed by atoms with Crippen LogP contribution < -0.4 is 10.6 Å². The number of nitrogens with zero attached hydrogens (tertiary/aromatic N) is 3. The van der Waals surface area contributed by atoms with E-state index in [9.17, 15) is 9.59 Å².